The van der Waals surface area contributed by atoms with Crippen molar-refractivity contribution in [2.75, 3.05) is 0 Å². The van der Waals surface area contributed by atoms with Crippen LogP contribution in [0.15, 0.2) is 45.3 Å². The van der Waals surface area contributed by atoms with Crippen LogP contribution in [-0.4, -0.2) is 5.11 Å². The Morgan fingerprint density at radius 1 is 1.24 bits per heavy atom. The van der Waals surface area contributed by atoms with Gasteiger partial charge < -0.3 is 9.52 Å². The molecular formula is C14H15BrO2. The average Bonchev–Trinajstić information content (AvgIpc) is 2.81. The van der Waals surface area contributed by atoms with E-state index in [4.69, 9.17) is 4.42 Å². The maximum atomic E-state index is 10.1. The Morgan fingerprint density at radius 2 is 2.00 bits per heavy atom. The van der Waals surface area contributed by atoms with Crippen molar-refractivity contribution in [3.63, 3.8) is 0 Å². The van der Waals surface area contributed by atoms with E-state index in [9.17, 15) is 5.11 Å². The van der Waals surface area contributed by atoms with Crippen molar-refractivity contribution >= 4 is 15.9 Å². The maximum absolute atomic E-state index is 10.1. The number of rotatable bonds is 4. The Balaban J connectivity index is 2.11. The fourth-order valence-corrected chi connectivity index (χ4v) is 2.18. The fourth-order valence-electron chi connectivity index (χ4n) is 1.74. The second-order valence-electron chi connectivity index (χ2n) is 3.97. The van der Waals surface area contributed by atoms with Gasteiger partial charge in [0.1, 0.15) is 17.6 Å². The summed E-state index contributed by atoms with van der Waals surface area (Å²) in [4.78, 5) is 0. The van der Waals surface area contributed by atoms with Crippen LogP contribution in [0.5, 0.6) is 0 Å². The first-order valence-corrected chi connectivity index (χ1v) is 6.50. The third-order valence-corrected chi connectivity index (χ3v) is 3.50. The number of benzene rings is 1. The van der Waals surface area contributed by atoms with Crippen LogP contribution in [0.2, 0.25) is 0 Å². The molecule has 0 aliphatic carbocycles. The van der Waals surface area contributed by atoms with Crippen molar-refractivity contribution in [2.45, 2.75) is 25.9 Å². The number of hydrogen-bond donors (Lipinski definition) is 1. The molecule has 1 aromatic carbocycles. The van der Waals surface area contributed by atoms with Crippen LogP contribution < -0.4 is 0 Å². The van der Waals surface area contributed by atoms with Crippen LogP contribution in [0, 0.1) is 0 Å². The van der Waals surface area contributed by atoms with Gasteiger partial charge >= 0.3 is 0 Å². The van der Waals surface area contributed by atoms with E-state index in [1.54, 1.807) is 0 Å². The molecule has 90 valence electrons. The molecule has 1 aromatic heterocycles. The molecule has 0 radical (unpaired) electrons. The molecule has 0 fully saturated rings. The number of aliphatic hydroxyl groups excluding tert-OH is 1. The Hall–Kier alpha value is -1.06. The molecule has 0 aliphatic heterocycles. The Kier molecular flexibility index (Phi) is 4.02. The fraction of sp³-hybridized carbons (Fsp3) is 0.286. The molecule has 0 saturated heterocycles. The number of aliphatic hydroxyl groups is 1. The molecule has 0 spiro atoms. The Morgan fingerprint density at radius 3 is 2.65 bits per heavy atom. The van der Waals surface area contributed by atoms with Gasteiger partial charge in [-0.15, -0.1) is 0 Å². The number of furan rings is 1. The van der Waals surface area contributed by atoms with Crippen molar-refractivity contribution in [3.05, 3.63) is 58.0 Å². The lowest BCUT2D eigenvalue weighted by atomic mass is 10.1. The minimum Gasteiger partial charge on any atom is -0.463 e. The van der Waals surface area contributed by atoms with Crippen molar-refractivity contribution in [2.24, 2.45) is 0 Å². The zero-order chi connectivity index (χ0) is 12.3. The quantitative estimate of drug-likeness (QED) is 0.928. The first-order chi connectivity index (χ1) is 8.20. The molecule has 0 saturated carbocycles. The van der Waals surface area contributed by atoms with Gasteiger partial charge in [0.05, 0.1) is 0 Å². The van der Waals surface area contributed by atoms with Gasteiger partial charge in [-0.05, 0) is 23.8 Å². The summed E-state index contributed by atoms with van der Waals surface area (Å²) in [5, 5.41) is 10.1. The third-order valence-electron chi connectivity index (χ3n) is 2.73. The van der Waals surface area contributed by atoms with Gasteiger partial charge in [-0.2, -0.15) is 0 Å². The van der Waals surface area contributed by atoms with E-state index in [1.807, 2.05) is 43.3 Å². The summed E-state index contributed by atoms with van der Waals surface area (Å²) in [6, 6.07) is 11.7. The van der Waals surface area contributed by atoms with E-state index >= 15 is 0 Å². The van der Waals surface area contributed by atoms with Gasteiger partial charge in [-0.25, -0.2) is 0 Å². The molecule has 0 amide bonds. The van der Waals surface area contributed by atoms with E-state index in [0.29, 0.717) is 12.2 Å². The molecule has 0 bridgehead atoms. The van der Waals surface area contributed by atoms with Crippen LogP contribution in [-0.2, 0) is 12.8 Å². The Bertz CT molecular complexity index is 490. The predicted molar refractivity (Wildman–Crippen MR) is 70.9 cm³/mol. The van der Waals surface area contributed by atoms with E-state index < -0.39 is 6.10 Å². The lowest BCUT2D eigenvalue weighted by Gasteiger charge is -2.09. The molecule has 17 heavy (non-hydrogen) atoms. The molecule has 0 aliphatic rings. The highest BCUT2D eigenvalue weighted by Crippen LogP contribution is 2.25. The summed E-state index contributed by atoms with van der Waals surface area (Å²) in [7, 11) is 0. The summed E-state index contributed by atoms with van der Waals surface area (Å²) >= 11 is 3.47. The molecule has 3 heteroatoms. The summed E-state index contributed by atoms with van der Waals surface area (Å²) < 4.78 is 6.56. The predicted octanol–water partition coefficient (Wildman–Crippen LogP) is 3.88. The van der Waals surface area contributed by atoms with E-state index in [2.05, 4.69) is 15.9 Å². The lowest BCUT2D eigenvalue weighted by Crippen LogP contribution is -2.01. The minimum atomic E-state index is -0.589. The van der Waals surface area contributed by atoms with Gasteiger partial charge in [-0.3, -0.25) is 0 Å². The van der Waals surface area contributed by atoms with Gasteiger partial charge in [0.2, 0.25) is 0 Å². The SMILES string of the molecule is CCc1ccc(C(O)Cc2ccccc2Br)o1. The van der Waals surface area contributed by atoms with Crippen LogP contribution in [0.4, 0.5) is 0 Å². The largest absolute Gasteiger partial charge is 0.463 e. The first kappa shape index (κ1) is 12.4. The van der Waals surface area contributed by atoms with Crippen LogP contribution in [0.25, 0.3) is 0 Å². The number of aryl methyl sites for hydroxylation is 1. The zero-order valence-electron chi connectivity index (χ0n) is 9.69. The molecule has 1 N–H and O–H groups in total. The monoisotopic (exact) mass is 294 g/mol. The van der Waals surface area contributed by atoms with Gasteiger partial charge in [-0.1, -0.05) is 41.1 Å². The average molecular weight is 295 g/mol. The molecule has 2 nitrogen and oxygen atoms in total. The highest BCUT2D eigenvalue weighted by Gasteiger charge is 2.14. The summed E-state index contributed by atoms with van der Waals surface area (Å²) in [5.74, 6) is 1.55. The second-order valence-corrected chi connectivity index (χ2v) is 4.82. The second kappa shape index (κ2) is 5.52. The minimum absolute atomic E-state index is 0.554. The van der Waals surface area contributed by atoms with Gasteiger partial charge in [0.15, 0.2) is 0 Å². The van der Waals surface area contributed by atoms with Crippen molar-refractivity contribution < 1.29 is 9.52 Å². The zero-order valence-corrected chi connectivity index (χ0v) is 11.3. The van der Waals surface area contributed by atoms with Crippen molar-refractivity contribution in [1.29, 1.82) is 0 Å². The summed E-state index contributed by atoms with van der Waals surface area (Å²) in [6.07, 6.45) is 0.814. The number of halogens is 1. The molecule has 2 rings (SSSR count). The van der Waals surface area contributed by atoms with Gasteiger partial charge in [0.25, 0.3) is 0 Å². The highest BCUT2D eigenvalue weighted by atomic mass is 79.9. The molecule has 1 unspecified atom stereocenters. The van der Waals surface area contributed by atoms with Crippen LogP contribution >= 0.6 is 15.9 Å². The molecule has 1 atom stereocenters. The van der Waals surface area contributed by atoms with E-state index in [0.717, 1.165) is 22.2 Å². The summed E-state index contributed by atoms with van der Waals surface area (Å²) in [5.41, 5.74) is 1.08. The standard InChI is InChI=1S/C14H15BrO2/c1-2-11-7-8-14(17-11)13(16)9-10-5-3-4-6-12(10)15/h3-8,13,16H,2,9H2,1H3. The molecular weight excluding hydrogens is 280 g/mol. The highest BCUT2D eigenvalue weighted by molar-refractivity contribution is 9.10. The van der Waals surface area contributed by atoms with Crippen LogP contribution in [0.1, 0.15) is 30.1 Å². The van der Waals surface area contributed by atoms with E-state index in [1.165, 1.54) is 0 Å². The third kappa shape index (κ3) is 2.99. The smallest absolute Gasteiger partial charge is 0.133 e. The normalized spacial score (nSPS) is 12.6. The summed E-state index contributed by atoms with van der Waals surface area (Å²) in [6.45, 7) is 2.03. The molecule has 1 heterocycles. The van der Waals surface area contributed by atoms with Crippen LogP contribution in [0.3, 0.4) is 0 Å². The Labute approximate surface area is 109 Å². The number of hydrogen-bond acceptors (Lipinski definition) is 2. The van der Waals surface area contributed by atoms with Gasteiger partial charge in [0, 0.05) is 17.3 Å². The lowest BCUT2D eigenvalue weighted by molar-refractivity contribution is 0.148. The molecule has 2 aromatic rings. The van der Waals surface area contributed by atoms with Crippen molar-refractivity contribution in [3.8, 4) is 0 Å². The topological polar surface area (TPSA) is 33.4 Å². The maximum Gasteiger partial charge on any atom is 0.133 e. The first-order valence-electron chi connectivity index (χ1n) is 5.70. The van der Waals surface area contributed by atoms with Crippen molar-refractivity contribution in [1.82, 2.24) is 0 Å². The van der Waals surface area contributed by atoms with E-state index in [-0.39, 0.29) is 0 Å².